The molecule has 1 aliphatic heterocycles. The van der Waals surface area contributed by atoms with Crippen LogP contribution in [0.3, 0.4) is 0 Å². The summed E-state index contributed by atoms with van der Waals surface area (Å²) in [5, 5.41) is 55.8. The molecule has 0 amide bonds. The number of aliphatic imine (C=N–C) groups is 1. The topological polar surface area (TPSA) is 245 Å². The molecule has 1 fully saturated rings. The van der Waals surface area contributed by atoms with Crippen molar-refractivity contribution in [2.75, 3.05) is 28.4 Å². The molecule has 0 saturated carbocycles. The molecular formula is C34H34ClNO15. The van der Waals surface area contributed by atoms with E-state index in [1.165, 1.54) is 27.2 Å². The number of halogens is 1. The summed E-state index contributed by atoms with van der Waals surface area (Å²) in [5.41, 5.74) is -10.8. The van der Waals surface area contributed by atoms with Crippen LogP contribution in [0.15, 0.2) is 17.1 Å². The van der Waals surface area contributed by atoms with Crippen LogP contribution in [0.25, 0.3) is 0 Å². The smallest absolute Gasteiger partial charge is 0.341 e. The molecule has 5 N–H and O–H groups in total. The van der Waals surface area contributed by atoms with Crippen molar-refractivity contribution < 1.29 is 73.2 Å². The molecule has 6 rings (SSSR count). The predicted octanol–water partition coefficient (Wildman–Crippen LogP) is 0.325. The second kappa shape index (κ2) is 12.5. The Morgan fingerprint density at radius 2 is 1.61 bits per heavy atom. The zero-order valence-corrected chi connectivity index (χ0v) is 28.8. The number of hydrogen-bond donors (Lipinski definition) is 5. The van der Waals surface area contributed by atoms with Gasteiger partial charge in [-0.2, -0.15) is 0 Å². The minimum absolute atomic E-state index is 0.0231. The number of phenols is 2. The number of rotatable bonds is 5. The van der Waals surface area contributed by atoms with Crippen molar-refractivity contribution in [2.45, 2.75) is 73.6 Å². The summed E-state index contributed by atoms with van der Waals surface area (Å²) in [6.45, 7) is 3.01. The summed E-state index contributed by atoms with van der Waals surface area (Å²) in [6, 6.07) is 2.11. The van der Waals surface area contributed by atoms with Crippen LogP contribution in [0.5, 0.6) is 11.5 Å². The highest BCUT2D eigenvalue weighted by molar-refractivity contribution is 6.65. The summed E-state index contributed by atoms with van der Waals surface area (Å²) in [5.74, 6) is -8.12. The number of Topliss-reactive ketones (excluding diaryl/α,β-unsaturated/α-hetero) is 4. The molecule has 1 unspecified atom stereocenters. The van der Waals surface area contributed by atoms with E-state index in [4.69, 9.17) is 35.3 Å². The maximum atomic E-state index is 14.6. The van der Waals surface area contributed by atoms with Gasteiger partial charge in [0.2, 0.25) is 17.3 Å². The van der Waals surface area contributed by atoms with Crippen LogP contribution in [0.4, 0.5) is 0 Å². The first-order valence-corrected chi connectivity index (χ1v) is 16.0. The molecule has 3 aliphatic carbocycles. The van der Waals surface area contributed by atoms with Gasteiger partial charge in [0.1, 0.15) is 46.5 Å². The number of phenolic OH excluding ortho intramolecular Hbond substituents is 2. The van der Waals surface area contributed by atoms with Gasteiger partial charge in [0, 0.05) is 44.4 Å². The molecule has 4 aliphatic rings. The number of alkyl halides is 1. The van der Waals surface area contributed by atoms with E-state index in [2.05, 4.69) is 4.99 Å². The fraction of sp³-hybridized carbons (Fsp3) is 0.471. The van der Waals surface area contributed by atoms with Crippen molar-refractivity contribution in [3.05, 3.63) is 56.6 Å². The van der Waals surface area contributed by atoms with Gasteiger partial charge in [-0.05, 0) is 31.0 Å². The SMILES string of the molecule is COC(=O)c1c(C)cc2c(c1O)[C@]1(O)C(=O)c3cc4c(c(O)c3C(=O)[C@]1(OC)[C@H](O)C2)C(=O)C(Cl)C(=N[C@H]1O[C@@H](C)[C@H](OC)[C@@H](O)[C@H]1OC)C4=O. The van der Waals surface area contributed by atoms with Crippen molar-refractivity contribution in [2.24, 2.45) is 4.99 Å². The van der Waals surface area contributed by atoms with Gasteiger partial charge >= 0.3 is 5.97 Å². The first-order valence-electron chi connectivity index (χ1n) is 15.6. The Bertz CT molecular complexity index is 1960. The minimum atomic E-state index is -3.26. The van der Waals surface area contributed by atoms with Crippen molar-refractivity contribution >= 4 is 46.4 Å². The highest BCUT2D eigenvalue weighted by Crippen LogP contribution is 2.56. The van der Waals surface area contributed by atoms with Crippen molar-refractivity contribution in [1.29, 1.82) is 0 Å². The molecule has 272 valence electrons. The summed E-state index contributed by atoms with van der Waals surface area (Å²) in [7, 11) is 4.53. The van der Waals surface area contributed by atoms with Crippen LogP contribution in [-0.2, 0) is 35.7 Å². The molecule has 9 atom stereocenters. The number of carbonyl (C=O) groups is 5. The van der Waals surface area contributed by atoms with Crippen molar-refractivity contribution in [3.63, 3.8) is 0 Å². The number of benzene rings is 2. The first-order chi connectivity index (χ1) is 24.0. The average Bonchev–Trinajstić information content (AvgIpc) is 3.07. The van der Waals surface area contributed by atoms with Gasteiger partial charge in [-0.3, -0.25) is 19.2 Å². The van der Waals surface area contributed by atoms with E-state index in [9.17, 15) is 49.5 Å². The number of fused-ring (bicyclic) bond motifs is 5. The lowest BCUT2D eigenvalue weighted by atomic mass is 9.56. The normalized spacial score (nSPS) is 33.8. The Kier molecular flexibility index (Phi) is 9.00. The number of aliphatic hydroxyl groups excluding tert-OH is 2. The fourth-order valence-electron chi connectivity index (χ4n) is 7.90. The van der Waals surface area contributed by atoms with Gasteiger partial charge in [0.05, 0.1) is 30.4 Å². The number of ether oxygens (including phenoxy) is 5. The third kappa shape index (κ3) is 4.64. The Morgan fingerprint density at radius 3 is 2.20 bits per heavy atom. The molecule has 0 radical (unpaired) electrons. The number of aromatic hydroxyl groups is 2. The van der Waals surface area contributed by atoms with E-state index in [0.717, 1.165) is 20.3 Å². The molecular weight excluding hydrogens is 698 g/mol. The Morgan fingerprint density at radius 1 is 0.961 bits per heavy atom. The summed E-state index contributed by atoms with van der Waals surface area (Å²) in [6.07, 6.45) is -7.93. The molecule has 2 aromatic rings. The standard InChI is InChI=1S/C34H34ClNO15/c1-10-7-12-8-15(37)34(50-6)30(44)18-14(29(43)33(34,46)19(12)24(40)16(10)32(45)49-5)9-13-17(23(18)39)25(41)20(35)21(22(13)38)36-31-28(48-4)26(42)27(47-3)11(2)51-31/h7,9,11,15,20,26-28,31,37,39-40,42,46H,8H2,1-6H3/t11-,15+,20?,26+,27-,28+,31-,33-,34+/m0/s1. The van der Waals surface area contributed by atoms with Crippen molar-refractivity contribution in [3.8, 4) is 11.5 Å². The van der Waals surface area contributed by atoms with E-state index < -0.39 is 139 Å². The molecule has 0 spiro atoms. The maximum Gasteiger partial charge on any atom is 0.341 e. The summed E-state index contributed by atoms with van der Waals surface area (Å²) < 4.78 is 26.7. The second-order valence-electron chi connectivity index (χ2n) is 12.7. The van der Waals surface area contributed by atoms with Crippen LogP contribution >= 0.6 is 11.6 Å². The van der Waals surface area contributed by atoms with Crippen LogP contribution in [0, 0.1) is 6.92 Å². The largest absolute Gasteiger partial charge is 0.507 e. The summed E-state index contributed by atoms with van der Waals surface area (Å²) >= 11 is 6.45. The minimum Gasteiger partial charge on any atom is -0.507 e. The number of aliphatic hydroxyl groups is 3. The quantitative estimate of drug-likeness (QED) is 0.205. The van der Waals surface area contributed by atoms with Gasteiger partial charge < -0.3 is 49.2 Å². The predicted molar refractivity (Wildman–Crippen MR) is 172 cm³/mol. The number of methoxy groups -OCH3 is 4. The molecule has 16 nitrogen and oxygen atoms in total. The van der Waals surface area contributed by atoms with E-state index in [0.29, 0.717) is 0 Å². The van der Waals surface area contributed by atoms with E-state index in [1.807, 2.05) is 0 Å². The monoisotopic (exact) mass is 731 g/mol. The fourth-order valence-corrected chi connectivity index (χ4v) is 8.16. The zero-order valence-electron chi connectivity index (χ0n) is 28.0. The lowest BCUT2D eigenvalue weighted by molar-refractivity contribution is -0.228. The third-order valence-corrected chi connectivity index (χ3v) is 10.7. The second-order valence-corrected chi connectivity index (χ2v) is 13.2. The van der Waals surface area contributed by atoms with Gasteiger partial charge in [-0.15, -0.1) is 11.6 Å². The summed E-state index contributed by atoms with van der Waals surface area (Å²) in [4.78, 5) is 73.8. The molecule has 1 heterocycles. The van der Waals surface area contributed by atoms with Crippen LogP contribution < -0.4 is 0 Å². The molecule has 0 aromatic heterocycles. The van der Waals surface area contributed by atoms with Crippen LogP contribution in [-0.4, -0.2) is 137 Å². The number of esters is 1. The highest BCUT2D eigenvalue weighted by atomic mass is 35.5. The number of aryl methyl sites for hydroxylation is 1. The van der Waals surface area contributed by atoms with Crippen LogP contribution in [0.2, 0.25) is 0 Å². The van der Waals surface area contributed by atoms with Crippen molar-refractivity contribution in [1.82, 2.24) is 0 Å². The number of nitrogens with zero attached hydrogens (tertiary/aromatic N) is 1. The number of hydrogen-bond acceptors (Lipinski definition) is 16. The van der Waals surface area contributed by atoms with E-state index >= 15 is 0 Å². The molecule has 1 saturated heterocycles. The number of carbonyl (C=O) groups excluding carboxylic acids is 5. The molecule has 0 bridgehead atoms. The van der Waals surface area contributed by atoms with Gasteiger partial charge in [-0.1, -0.05) is 6.07 Å². The van der Waals surface area contributed by atoms with E-state index in [-0.39, 0.29) is 11.1 Å². The Hall–Kier alpha value is -4.13. The third-order valence-electron chi connectivity index (χ3n) is 10.3. The van der Waals surface area contributed by atoms with Gasteiger partial charge in [-0.25, -0.2) is 9.79 Å². The molecule has 2 aromatic carbocycles. The molecule has 17 heteroatoms. The van der Waals surface area contributed by atoms with E-state index in [1.54, 1.807) is 6.92 Å². The number of ketones is 4. The molecule has 51 heavy (non-hydrogen) atoms. The zero-order chi connectivity index (χ0) is 37.6. The highest BCUT2D eigenvalue weighted by Gasteiger charge is 2.73. The Balaban J connectivity index is 1.57. The van der Waals surface area contributed by atoms with Gasteiger partial charge in [0.25, 0.3) is 0 Å². The van der Waals surface area contributed by atoms with Gasteiger partial charge in [0.15, 0.2) is 23.2 Å². The lowest BCUT2D eigenvalue weighted by Crippen LogP contribution is -2.73. The first kappa shape index (κ1) is 36.7. The Labute approximate surface area is 294 Å². The lowest BCUT2D eigenvalue weighted by Gasteiger charge is -2.53. The van der Waals surface area contributed by atoms with Crippen LogP contribution in [0.1, 0.15) is 75.4 Å². The average molecular weight is 732 g/mol. The maximum absolute atomic E-state index is 14.6.